The Morgan fingerprint density at radius 3 is 1.82 bits per heavy atom. The number of fused-ring (bicyclic) bond motifs is 5. The van der Waals surface area contributed by atoms with E-state index in [0.717, 1.165) is 5.52 Å². The Bertz CT molecular complexity index is 2210. The van der Waals surface area contributed by atoms with Gasteiger partial charge < -0.3 is 0 Å². The minimum atomic E-state index is 1.01. The molecule has 1 heterocycles. The Labute approximate surface area is 233 Å². The average Bonchev–Trinajstić information content (AvgIpc) is 3.03. The topological polar surface area (TPSA) is 12.9 Å². The Balaban J connectivity index is 1.47. The van der Waals surface area contributed by atoms with Gasteiger partial charge in [-0.1, -0.05) is 127 Å². The summed E-state index contributed by atoms with van der Waals surface area (Å²) in [6.07, 6.45) is 2.08. The molecule has 7 aromatic carbocycles. The predicted octanol–water partition coefficient (Wildman–Crippen LogP) is 10.7. The summed E-state index contributed by atoms with van der Waals surface area (Å²) in [7, 11) is 0. The van der Waals surface area contributed by atoms with E-state index in [-0.39, 0.29) is 0 Å². The van der Waals surface area contributed by atoms with Crippen LogP contribution in [0.25, 0.3) is 76.6 Å². The molecule has 0 bridgehead atoms. The zero-order valence-corrected chi connectivity index (χ0v) is 21.9. The van der Waals surface area contributed by atoms with Gasteiger partial charge in [0.05, 0.1) is 5.52 Å². The van der Waals surface area contributed by atoms with Gasteiger partial charge in [0.1, 0.15) is 0 Å². The van der Waals surface area contributed by atoms with Gasteiger partial charge in [0, 0.05) is 22.4 Å². The van der Waals surface area contributed by atoms with E-state index in [1.54, 1.807) is 0 Å². The van der Waals surface area contributed by atoms with Gasteiger partial charge >= 0.3 is 0 Å². The van der Waals surface area contributed by atoms with E-state index < -0.39 is 0 Å². The lowest BCUT2D eigenvalue weighted by Crippen LogP contribution is -1.93. The molecule has 1 aromatic heterocycles. The largest absolute Gasteiger partial charge is 0.256 e. The summed E-state index contributed by atoms with van der Waals surface area (Å²) in [6.45, 7) is 0. The first-order chi connectivity index (χ1) is 19.8. The number of rotatable bonds is 3. The summed E-state index contributed by atoms with van der Waals surface area (Å²) in [5.74, 6) is 0. The van der Waals surface area contributed by atoms with E-state index in [4.69, 9.17) is 4.98 Å². The van der Waals surface area contributed by atoms with E-state index in [1.165, 1.54) is 71.1 Å². The third kappa shape index (κ3) is 3.60. The molecule has 1 nitrogen and oxygen atoms in total. The van der Waals surface area contributed by atoms with E-state index >= 15 is 0 Å². The molecule has 0 N–H and O–H groups in total. The zero-order valence-electron chi connectivity index (χ0n) is 21.9. The molecule has 0 saturated heterocycles. The van der Waals surface area contributed by atoms with Crippen molar-refractivity contribution in [1.29, 1.82) is 0 Å². The summed E-state index contributed by atoms with van der Waals surface area (Å²) in [5.41, 5.74) is 8.35. The van der Waals surface area contributed by atoms with Gasteiger partial charge in [0.15, 0.2) is 0 Å². The number of nitrogens with zero attached hydrogens (tertiary/aromatic N) is 1. The first-order valence-electron chi connectivity index (χ1n) is 13.7. The van der Waals surface area contributed by atoms with Crippen LogP contribution in [-0.2, 0) is 0 Å². The molecule has 0 aliphatic carbocycles. The molecule has 0 aliphatic heterocycles. The first kappa shape index (κ1) is 22.7. The fourth-order valence-electron chi connectivity index (χ4n) is 6.24. The second-order valence-corrected chi connectivity index (χ2v) is 10.4. The van der Waals surface area contributed by atoms with Gasteiger partial charge in [-0.2, -0.15) is 0 Å². The van der Waals surface area contributed by atoms with Gasteiger partial charge in [0.2, 0.25) is 0 Å². The molecule has 0 aliphatic rings. The van der Waals surface area contributed by atoms with Crippen molar-refractivity contribution in [3.63, 3.8) is 0 Å². The van der Waals surface area contributed by atoms with Crippen molar-refractivity contribution in [3.8, 4) is 33.4 Å². The molecule has 1 heteroatoms. The van der Waals surface area contributed by atoms with Crippen LogP contribution in [0.1, 0.15) is 0 Å². The van der Waals surface area contributed by atoms with Crippen LogP contribution in [0, 0.1) is 0 Å². The Hall–Kier alpha value is -5.27. The second kappa shape index (κ2) is 9.18. The van der Waals surface area contributed by atoms with Crippen LogP contribution < -0.4 is 0 Å². The minimum absolute atomic E-state index is 1.01. The third-order valence-electron chi connectivity index (χ3n) is 8.06. The Kier molecular flexibility index (Phi) is 5.21. The monoisotopic (exact) mass is 507 g/mol. The number of hydrogen-bond acceptors (Lipinski definition) is 1. The maximum Gasteiger partial charge on any atom is 0.0708 e. The van der Waals surface area contributed by atoms with E-state index in [2.05, 4.69) is 152 Å². The summed E-state index contributed by atoms with van der Waals surface area (Å²) >= 11 is 0. The van der Waals surface area contributed by atoms with E-state index in [1.807, 2.05) is 0 Å². The van der Waals surface area contributed by atoms with Crippen molar-refractivity contribution in [3.05, 3.63) is 152 Å². The highest BCUT2D eigenvalue weighted by atomic mass is 14.6. The van der Waals surface area contributed by atoms with Crippen LogP contribution in [0.3, 0.4) is 0 Å². The van der Waals surface area contributed by atoms with Gasteiger partial charge in [-0.25, -0.2) is 0 Å². The molecular weight excluding hydrogens is 482 g/mol. The van der Waals surface area contributed by atoms with Crippen molar-refractivity contribution >= 4 is 43.2 Å². The number of pyridine rings is 1. The van der Waals surface area contributed by atoms with E-state index in [0.29, 0.717) is 0 Å². The van der Waals surface area contributed by atoms with Crippen LogP contribution in [0.2, 0.25) is 0 Å². The fourth-order valence-corrected chi connectivity index (χ4v) is 6.24. The van der Waals surface area contributed by atoms with Gasteiger partial charge in [-0.15, -0.1) is 0 Å². The summed E-state index contributed by atoms with van der Waals surface area (Å²) in [6, 6.07) is 52.3. The normalized spacial score (nSPS) is 11.5. The molecule has 40 heavy (non-hydrogen) atoms. The lowest BCUT2D eigenvalue weighted by atomic mass is 9.85. The predicted molar refractivity (Wildman–Crippen MR) is 171 cm³/mol. The maximum atomic E-state index is 4.95. The summed E-state index contributed by atoms with van der Waals surface area (Å²) in [5, 5.41) is 8.60. The van der Waals surface area contributed by atoms with Crippen LogP contribution in [0.5, 0.6) is 0 Å². The standard InChI is InChI=1S/C39H25N/c1-2-12-27(13-3-1)38-33-18-7-6-17-32(33)37(35-25-40-36-20-9-8-19-34(36)39(35)38)31-16-10-15-29(24-31)30-22-21-26-11-4-5-14-28(26)23-30/h1-25H. The Morgan fingerprint density at radius 2 is 0.975 bits per heavy atom. The number of aromatic nitrogens is 1. The highest BCUT2D eigenvalue weighted by Gasteiger charge is 2.19. The molecule has 8 aromatic rings. The van der Waals surface area contributed by atoms with Crippen LogP contribution >= 0.6 is 0 Å². The number of hydrogen-bond donors (Lipinski definition) is 0. The van der Waals surface area contributed by atoms with Gasteiger partial charge in [-0.3, -0.25) is 4.98 Å². The molecule has 0 saturated carbocycles. The van der Waals surface area contributed by atoms with Gasteiger partial charge in [0.25, 0.3) is 0 Å². The molecule has 0 spiro atoms. The lowest BCUT2D eigenvalue weighted by Gasteiger charge is -2.19. The molecular formula is C39H25N. The smallest absolute Gasteiger partial charge is 0.0708 e. The minimum Gasteiger partial charge on any atom is -0.256 e. The van der Waals surface area contributed by atoms with Crippen molar-refractivity contribution in [2.45, 2.75) is 0 Å². The van der Waals surface area contributed by atoms with E-state index in [9.17, 15) is 0 Å². The van der Waals surface area contributed by atoms with Crippen molar-refractivity contribution in [1.82, 2.24) is 4.98 Å². The molecule has 0 fully saturated rings. The molecule has 8 rings (SSSR count). The molecule has 0 unspecified atom stereocenters. The third-order valence-corrected chi connectivity index (χ3v) is 8.06. The first-order valence-corrected chi connectivity index (χ1v) is 13.7. The zero-order chi connectivity index (χ0) is 26.5. The van der Waals surface area contributed by atoms with Crippen LogP contribution in [0.15, 0.2) is 152 Å². The molecule has 0 radical (unpaired) electrons. The van der Waals surface area contributed by atoms with Crippen molar-refractivity contribution in [2.75, 3.05) is 0 Å². The summed E-state index contributed by atoms with van der Waals surface area (Å²) < 4.78 is 0. The second-order valence-electron chi connectivity index (χ2n) is 10.4. The molecule has 0 atom stereocenters. The average molecular weight is 508 g/mol. The maximum absolute atomic E-state index is 4.95. The van der Waals surface area contributed by atoms with Crippen molar-refractivity contribution < 1.29 is 0 Å². The highest BCUT2D eigenvalue weighted by Crippen LogP contribution is 2.46. The lowest BCUT2D eigenvalue weighted by molar-refractivity contribution is 1.45. The Morgan fingerprint density at radius 1 is 0.350 bits per heavy atom. The van der Waals surface area contributed by atoms with Crippen LogP contribution in [-0.4, -0.2) is 4.98 Å². The highest BCUT2D eigenvalue weighted by molar-refractivity contribution is 6.27. The molecule has 0 amide bonds. The SMILES string of the molecule is c1ccc(-c2c3ccccc3c(-c3cccc(-c4ccc5ccccc5c4)c3)c3cnc4ccccc4c23)cc1. The fraction of sp³-hybridized carbons (Fsp3) is 0. The molecule has 186 valence electrons. The number of benzene rings is 7. The number of para-hydroxylation sites is 1. The van der Waals surface area contributed by atoms with Crippen LogP contribution in [0.4, 0.5) is 0 Å². The summed E-state index contributed by atoms with van der Waals surface area (Å²) in [4.78, 5) is 4.95. The van der Waals surface area contributed by atoms with Gasteiger partial charge in [-0.05, 0) is 73.1 Å². The quantitative estimate of drug-likeness (QED) is 0.171. The van der Waals surface area contributed by atoms with Crippen molar-refractivity contribution in [2.24, 2.45) is 0 Å².